The van der Waals surface area contributed by atoms with E-state index >= 15 is 0 Å². The van der Waals surface area contributed by atoms with Crippen molar-refractivity contribution in [2.24, 2.45) is 46.2 Å². The predicted molar refractivity (Wildman–Crippen MR) is 237 cm³/mol. The summed E-state index contributed by atoms with van der Waals surface area (Å²) in [4.78, 5) is 24.2. The molecule has 0 amide bonds. The molecule has 5 aliphatic carbocycles. The first-order valence-corrected chi connectivity index (χ1v) is 25.4. The van der Waals surface area contributed by atoms with Crippen LogP contribution in [0.25, 0.3) is 0 Å². The number of carbonyl (C=O) groups excluding carboxylic acids is 2. The van der Waals surface area contributed by atoms with Crippen LogP contribution in [0.5, 0.6) is 0 Å². The molecule has 4 aliphatic heterocycles. The van der Waals surface area contributed by atoms with E-state index in [1.165, 1.54) is 6.92 Å². The molecule has 0 aromatic carbocycles. The van der Waals surface area contributed by atoms with Gasteiger partial charge in [-0.3, -0.25) is 4.79 Å². The highest BCUT2D eigenvalue weighted by Crippen LogP contribution is 2.70. The van der Waals surface area contributed by atoms with Gasteiger partial charge in [0, 0.05) is 50.2 Å². The van der Waals surface area contributed by atoms with Crippen LogP contribution in [0.1, 0.15) is 112 Å². The number of aliphatic hydroxyl groups excluding tert-OH is 7. The number of cyclic esters (lactones) is 1. The third-order valence-corrected chi connectivity index (χ3v) is 18.7. The summed E-state index contributed by atoms with van der Waals surface area (Å²) in [6.45, 7) is 8.79. The largest absolute Gasteiger partial charge is 0.459 e. The Morgan fingerprint density at radius 2 is 1.41 bits per heavy atom. The van der Waals surface area contributed by atoms with E-state index < -0.39 is 134 Å². The van der Waals surface area contributed by atoms with Crippen molar-refractivity contribution in [1.82, 2.24) is 0 Å². The molecule has 5 saturated carbocycles. The molecule has 8 fully saturated rings. The van der Waals surface area contributed by atoms with E-state index in [4.69, 9.17) is 48.4 Å². The van der Waals surface area contributed by atoms with Crippen molar-refractivity contribution in [3.63, 3.8) is 0 Å². The minimum absolute atomic E-state index is 0.0276. The van der Waals surface area contributed by atoms with Gasteiger partial charge in [-0.1, -0.05) is 13.8 Å². The maximum absolute atomic E-state index is 12.6. The molecule has 0 spiro atoms. The highest BCUT2D eigenvalue weighted by atomic mass is 16.7. The summed E-state index contributed by atoms with van der Waals surface area (Å²) >= 11 is 0. The molecular weight excluding hydrogens is 907 g/mol. The maximum Gasteiger partial charge on any atom is 0.331 e. The number of hydrogen-bond acceptors (Lipinski definition) is 20. The van der Waals surface area contributed by atoms with Crippen LogP contribution >= 0.6 is 0 Å². The SMILES string of the molecule is CC(=O)O[C@H]1C[C@H](O[C@H]2[C@@H](O)C[C@H](O[C@H]3[C@@H](O)C[C@@H](O[C@H]4CC[C@@]5(C)[C@H](CC[C@@H]6[C@@H]5C[C@@H](O)[C@]5(C)[C@@H](C7=CC(=O)OC7)CC[C@]65O)C4)O[C@@H]3C)O[C@@H]2N)O[C@H](C)[C@H]1O[C@@H]1C[C@H](CO)[C@@H](O)[C@H](O)[C@H]1O. The highest BCUT2D eigenvalue weighted by Gasteiger charge is 2.71. The first-order valence-electron chi connectivity index (χ1n) is 25.4. The average Bonchev–Trinajstić information content (AvgIpc) is 3.84. The number of rotatable bonds is 11. The normalized spacial score (nSPS) is 53.3. The number of aliphatic hydroxyl groups is 8. The number of ether oxygens (including phenoxy) is 9. The van der Waals surface area contributed by atoms with Crippen molar-refractivity contribution in [3.8, 4) is 0 Å². The van der Waals surface area contributed by atoms with Gasteiger partial charge in [-0.05, 0) is 106 Å². The molecule has 20 heteroatoms. The minimum Gasteiger partial charge on any atom is -0.459 e. The van der Waals surface area contributed by atoms with E-state index in [1.54, 1.807) is 19.9 Å². The van der Waals surface area contributed by atoms with Crippen molar-refractivity contribution in [2.75, 3.05) is 13.2 Å². The van der Waals surface area contributed by atoms with E-state index in [2.05, 4.69) is 6.92 Å². The maximum atomic E-state index is 12.6. The fraction of sp³-hybridized carbons (Fsp3) is 0.918. The quantitative estimate of drug-likeness (QED) is 0.0985. The predicted octanol–water partition coefficient (Wildman–Crippen LogP) is 0.173. The second-order valence-corrected chi connectivity index (χ2v) is 22.5. The molecule has 9 rings (SSSR count). The molecule has 0 bridgehead atoms. The Hall–Kier alpha value is -1.96. The first kappa shape index (κ1) is 51.9. The molecule has 69 heavy (non-hydrogen) atoms. The van der Waals surface area contributed by atoms with Crippen molar-refractivity contribution in [2.45, 2.75) is 228 Å². The standard InChI is InChI=1S/C49H77NO19/c1-21-43(67-38-17-32(54)45(46(50)69-38)68-39-18-34(64-23(3)52)44(22(2)63-39)66-33-12-24(19-51)40(57)42(59)41(33)58)31(53)16-37(62-21)65-27-8-10-47(4)26(14-27)6-7-29-30(47)15-35(55)48(5)28(9-11-49(29,48)60)25-13-36(56)61-20-25/h13,21-22,24,26-35,37-46,51,53-55,57-60H,6-12,14-20,50H2,1-5H3/t21-,22-,24-,26-,27+,28-,29-,30+,31+,32+,33-,34+,35-,37-,38-,39+,40-,41+,42+,43-,44-,45+,46+,47+,48+,49+/m1/s1. The van der Waals surface area contributed by atoms with Crippen LogP contribution in [0.4, 0.5) is 0 Å². The van der Waals surface area contributed by atoms with Crippen molar-refractivity contribution in [3.05, 3.63) is 11.6 Å². The van der Waals surface area contributed by atoms with E-state index in [-0.39, 0.29) is 67.5 Å². The molecule has 4 heterocycles. The molecule has 0 aromatic rings. The van der Waals surface area contributed by atoms with Crippen LogP contribution in [0, 0.1) is 40.4 Å². The van der Waals surface area contributed by atoms with Crippen LogP contribution in [-0.2, 0) is 52.2 Å². The number of carbonyl (C=O) groups is 2. The Bertz CT molecular complexity index is 1850. The Kier molecular flexibility index (Phi) is 15.1. The van der Waals surface area contributed by atoms with Gasteiger partial charge in [-0.25, -0.2) is 4.79 Å². The summed E-state index contributed by atoms with van der Waals surface area (Å²) in [5.74, 6) is -1.34. The zero-order chi connectivity index (χ0) is 49.5. The third-order valence-electron chi connectivity index (χ3n) is 18.7. The lowest BCUT2D eigenvalue weighted by molar-refractivity contribution is -0.340. The summed E-state index contributed by atoms with van der Waals surface area (Å²) in [7, 11) is 0. The Morgan fingerprint density at radius 3 is 2.06 bits per heavy atom. The van der Waals surface area contributed by atoms with Crippen molar-refractivity contribution >= 4 is 11.9 Å². The number of fused-ring (bicyclic) bond motifs is 5. The van der Waals surface area contributed by atoms with Crippen LogP contribution in [0.3, 0.4) is 0 Å². The highest BCUT2D eigenvalue weighted by molar-refractivity contribution is 5.85. The van der Waals surface area contributed by atoms with Gasteiger partial charge in [0.2, 0.25) is 0 Å². The van der Waals surface area contributed by atoms with E-state index in [1.807, 2.05) is 6.92 Å². The molecule has 392 valence electrons. The Balaban J connectivity index is 0.752. The first-order chi connectivity index (χ1) is 32.6. The van der Waals surface area contributed by atoms with Gasteiger partial charge in [0.1, 0.15) is 49.5 Å². The fourth-order valence-electron chi connectivity index (χ4n) is 14.9. The average molecular weight is 984 g/mol. The summed E-state index contributed by atoms with van der Waals surface area (Å²) in [6, 6.07) is 0. The van der Waals surface area contributed by atoms with Crippen LogP contribution < -0.4 is 5.73 Å². The van der Waals surface area contributed by atoms with Gasteiger partial charge < -0.3 is 89.2 Å². The molecule has 9 aliphatic rings. The van der Waals surface area contributed by atoms with E-state index in [0.29, 0.717) is 25.2 Å². The smallest absolute Gasteiger partial charge is 0.331 e. The summed E-state index contributed by atoms with van der Waals surface area (Å²) < 4.78 is 54.4. The minimum atomic E-state index is -1.57. The van der Waals surface area contributed by atoms with Gasteiger partial charge in [0.15, 0.2) is 18.9 Å². The third kappa shape index (κ3) is 9.48. The molecule has 0 unspecified atom stereocenters. The van der Waals surface area contributed by atoms with Crippen molar-refractivity contribution in [1.29, 1.82) is 0 Å². The molecule has 10 N–H and O–H groups in total. The zero-order valence-corrected chi connectivity index (χ0v) is 40.4. The second-order valence-electron chi connectivity index (χ2n) is 22.5. The fourth-order valence-corrected chi connectivity index (χ4v) is 14.9. The topological polar surface area (TPSA) is 305 Å². The number of nitrogens with two attached hydrogens (primary N) is 1. The van der Waals surface area contributed by atoms with Crippen LogP contribution in [-0.4, -0.2) is 182 Å². The monoisotopic (exact) mass is 984 g/mol. The van der Waals surface area contributed by atoms with Crippen molar-refractivity contribution < 1.29 is 93.1 Å². The van der Waals surface area contributed by atoms with Crippen LogP contribution in [0.15, 0.2) is 11.6 Å². The molecule has 0 radical (unpaired) electrons. The number of hydrogen-bond donors (Lipinski definition) is 9. The second kappa shape index (κ2) is 20.0. The zero-order valence-electron chi connectivity index (χ0n) is 40.4. The van der Waals surface area contributed by atoms with Crippen LogP contribution in [0.2, 0.25) is 0 Å². The lowest BCUT2D eigenvalue weighted by atomic mass is 9.42. The molecule has 20 nitrogen and oxygen atoms in total. The summed E-state index contributed by atoms with van der Waals surface area (Å²) in [5, 5.41) is 88.4. The Morgan fingerprint density at radius 1 is 0.739 bits per heavy atom. The Labute approximate surface area is 403 Å². The molecule has 3 saturated heterocycles. The number of esters is 2. The van der Waals surface area contributed by atoms with E-state index in [0.717, 1.165) is 37.7 Å². The lowest BCUT2D eigenvalue weighted by Crippen LogP contribution is -2.67. The van der Waals surface area contributed by atoms with E-state index in [9.17, 15) is 50.4 Å². The van der Waals surface area contributed by atoms with Gasteiger partial charge >= 0.3 is 11.9 Å². The molecule has 26 atom stereocenters. The lowest BCUT2D eigenvalue weighted by Gasteiger charge is -2.65. The summed E-state index contributed by atoms with van der Waals surface area (Å²) in [5.41, 5.74) is 5.38. The molecular formula is C49H77NO19. The van der Waals surface area contributed by atoms with Gasteiger partial charge in [-0.15, -0.1) is 0 Å². The van der Waals surface area contributed by atoms with Gasteiger partial charge in [-0.2, -0.15) is 0 Å². The van der Waals surface area contributed by atoms with Gasteiger partial charge in [0.25, 0.3) is 0 Å². The molecule has 0 aromatic heterocycles. The van der Waals surface area contributed by atoms with Gasteiger partial charge in [0.05, 0.1) is 54.4 Å². The summed E-state index contributed by atoms with van der Waals surface area (Å²) in [6.07, 6.45) is -9.86.